The van der Waals surface area contributed by atoms with Crippen LogP contribution in [-0.2, 0) is 100 Å². The quantitative estimate of drug-likeness (QED) is 0.0250. The fourth-order valence-electron chi connectivity index (χ4n) is 18.8. The van der Waals surface area contributed by atoms with Crippen molar-refractivity contribution in [3.8, 4) is 5.75 Å². The highest BCUT2D eigenvalue weighted by molar-refractivity contribution is 7.90. The number of ether oxygens (including phenoxy) is 8. The Kier molecular flexibility index (Phi) is 34.8. The minimum absolute atomic E-state index is 0.00482. The molecule has 46 heteroatoms. The predicted molar refractivity (Wildman–Crippen MR) is 503 cm³/mol. The van der Waals surface area contributed by atoms with Gasteiger partial charge in [0.2, 0.25) is 27.6 Å². The maximum absolute atomic E-state index is 15.7. The fraction of sp³-hybridized carbons (Fsp3) is 0.485. The lowest BCUT2D eigenvalue weighted by Crippen LogP contribution is -2.44. The molecule has 5 aromatic heterocycles. The van der Waals surface area contributed by atoms with E-state index in [0.717, 1.165) is 90.6 Å². The molecule has 6 saturated heterocycles. The van der Waals surface area contributed by atoms with Crippen molar-refractivity contribution in [3.63, 3.8) is 0 Å². The number of hydrogen-bond acceptors (Lipinski definition) is 28. The molecule has 772 valence electrons. The number of fused-ring (bicyclic) bond motifs is 1. The summed E-state index contributed by atoms with van der Waals surface area (Å²) in [5, 5.41) is 6.81. The van der Waals surface area contributed by atoms with Crippen LogP contribution in [0.5, 0.6) is 5.75 Å². The van der Waals surface area contributed by atoms with Gasteiger partial charge in [0.1, 0.15) is 52.4 Å². The predicted octanol–water partition coefficient (Wildman–Crippen LogP) is 15.1. The Morgan fingerprint density at radius 2 is 0.923 bits per heavy atom. The highest BCUT2D eigenvalue weighted by Crippen LogP contribution is 2.44. The van der Waals surface area contributed by atoms with Crippen molar-refractivity contribution in [1.29, 1.82) is 0 Å². The number of methoxy groups -OCH3 is 1. The van der Waals surface area contributed by atoms with Gasteiger partial charge < -0.3 is 78.4 Å². The van der Waals surface area contributed by atoms with E-state index in [1.54, 1.807) is 51.1 Å². The van der Waals surface area contributed by atoms with E-state index in [2.05, 4.69) is 64.9 Å². The summed E-state index contributed by atoms with van der Waals surface area (Å²) in [6.07, 6.45) is 6.05. The molecule has 11 heterocycles. The summed E-state index contributed by atoms with van der Waals surface area (Å²) in [5.74, 6) is -7.93. The molecule has 6 aliphatic heterocycles. The Morgan fingerprint density at radius 1 is 0.497 bits per heavy atom. The third-order valence-corrected chi connectivity index (χ3v) is 28.1. The molecule has 7 aliphatic rings. The second kappa shape index (κ2) is 46.5. The average Bonchev–Trinajstić information content (AvgIpc) is 1.65. The number of carbonyl (C=O) groups is 2. The summed E-state index contributed by atoms with van der Waals surface area (Å²) in [5.41, 5.74) is 8.54. The van der Waals surface area contributed by atoms with Gasteiger partial charge in [-0.05, 0) is 121 Å². The number of alkyl halides is 10. The number of hydrogen-bond donors (Lipinski definition) is 4. The van der Waals surface area contributed by atoms with E-state index in [-0.39, 0.29) is 133 Å². The molecule has 1 saturated carbocycles. The number of nitrogens with zero attached hydrogens (tertiary/aromatic N) is 13. The molecule has 6 atom stereocenters. The van der Waals surface area contributed by atoms with Gasteiger partial charge in [-0.15, -0.1) is 13.2 Å². The smallest absolute Gasteiger partial charge is 0.469 e. The van der Waals surface area contributed by atoms with Crippen LogP contribution in [0.3, 0.4) is 0 Å². The van der Waals surface area contributed by atoms with Crippen LogP contribution in [0.25, 0.3) is 11.0 Å². The van der Waals surface area contributed by atoms with Gasteiger partial charge in [0, 0.05) is 121 Å². The summed E-state index contributed by atoms with van der Waals surface area (Å²) in [6, 6.07) is 30.3. The molecular formula is C97H112F13N17O14S2. The van der Waals surface area contributed by atoms with Crippen LogP contribution in [0.15, 0.2) is 159 Å². The lowest BCUT2D eigenvalue weighted by Gasteiger charge is -2.38. The Morgan fingerprint density at radius 3 is 1.37 bits per heavy atom. The van der Waals surface area contributed by atoms with E-state index in [1.165, 1.54) is 87.2 Å². The van der Waals surface area contributed by atoms with Crippen LogP contribution in [0.2, 0.25) is 0 Å². The number of anilines is 6. The number of rotatable bonds is 29. The van der Waals surface area contributed by atoms with E-state index in [0.29, 0.717) is 135 Å². The van der Waals surface area contributed by atoms with Crippen LogP contribution in [0.4, 0.5) is 92.0 Å². The Hall–Kier alpha value is -11.8. The number of nitrogens with two attached hydrogens (primary N) is 1. The van der Waals surface area contributed by atoms with Crippen molar-refractivity contribution in [2.24, 2.45) is 22.5 Å². The molecule has 0 radical (unpaired) electrons. The number of esters is 1. The maximum atomic E-state index is 15.7. The van der Waals surface area contributed by atoms with Gasteiger partial charge in [-0.2, -0.15) is 22.0 Å². The zero-order chi connectivity index (χ0) is 102. The number of halogens is 13. The topological polar surface area (TPSA) is 359 Å². The zero-order valence-electron chi connectivity index (χ0n) is 79.0. The van der Waals surface area contributed by atoms with Crippen molar-refractivity contribution in [1.82, 2.24) is 49.2 Å². The molecule has 5 N–H and O–H groups in total. The summed E-state index contributed by atoms with van der Waals surface area (Å²) in [7, 11) is -5.26. The van der Waals surface area contributed by atoms with Crippen LogP contribution >= 0.6 is 0 Å². The minimum atomic E-state index is -4.74. The number of amides is 1. The molecule has 17 rings (SSSR count). The number of sulfonamides is 1. The molecule has 5 aromatic carbocycles. The number of benzene rings is 5. The van der Waals surface area contributed by atoms with Crippen molar-refractivity contribution in [2.45, 2.75) is 139 Å². The summed E-state index contributed by atoms with van der Waals surface area (Å²) in [4.78, 5) is 64.7. The van der Waals surface area contributed by atoms with Gasteiger partial charge in [-0.1, -0.05) is 103 Å². The molecule has 1 amide bonds. The zero-order valence-corrected chi connectivity index (χ0v) is 80.7. The molecule has 143 heavy (non-hydrogen) atoms. The minimum Gasteiger partial charge on any atom is -0.469 e. The number of sulfone groups is 1. The second-order valence-electron chi connectivity index (χ2n) is 36.4. The first-order valence-corrected chi connectivity index (χ1v) is 50.4. The number of nitrogens with one attached hydrogen (secondary N) is 3. The summed E-state index contributed by atoms with van der Waals surface area (Å²) >= 11 is 0. The van der Waals surface area contributed by atoms with Crippen molar-refractivity contribution < 1.29 is 121 Å². The average molecular weight is 2050 g/mol. The molecule has 0 bridgehead atoms. The van der Waals surface area contributed by atoms with Crippen LogP contribution in [-0.4, -0.2) is 229 Å². The maximum Gasteiger partial charge on any atom is 0.573 e. The molecule has 6 unspecified atom stereocenters. The lowest BCUT2D eigenvalue weighted by molar-refractivity contribution is -0.274. The Bertz CT molecular complexity index is 6180. The molecule has 0 spiro atoms. The number of morpholine rings is 4. The second-order valence-corrected chi connectivity index (χ2v) is 40.3. The number of primary amides is 1. The fourth-order valence-corrected chi connectivity index (χ4v) is 21.1. The highest BCUT2D eigenvalue weighted by Gasteiger charge is 2.44. The SMILES string of the molecule is CC(F)(F)c1ccc(C2COCCN2c2ncnc(CCC3CCCC3NS(C)(=O)=O)c2F)cc1.CC(F)(F)c1ccc(C2COCCN2c2ncnc(NCC3(CS(C)(=O)=O)CCOCC3)c2F)cc1.COC(=O)C1(CNc2ncnc(N3CCOCC3c3ccc(C(F)(F)F)cc3)c2F)CCOCC1.NC(=O)Cc1ccc(Cn2ccc3c(N4CCOCC4c4ccc(OC(F)(F)F)cc4)ncnc32)cc1. The third-order valence-electron chi connectivity index (χ3n) is 26.2. The van der Waals surface area contributed by atoms with Gasteiger partial charge in [0.15, 0.2) is 34.9 Å². The van der Waals surface area contributed by atoms with Gasteiger partial charge >= 0.3 is 18.5 Å². The van der Waals surface area contributed by atoms with Crippen LogP contribution in [0.1, 0.15) is 145 Å². The largest absolute Gasteiger partial charge is 0.573 e. The number of aromatic nitrogens is 9. The van der Waals surface area contributed by atoms with Gasteiger partial charge in [0.25, 0.3) is 11.8 Å². The third kappa shape index (κ3) is 28.1. The highest BCUT2D eigenvalue weighted by atomic mass is 32.2. The van der Waals surface area contributed by atoms with Crippen molar-refractivity contribution in [2.75, 3.05) is 174 Å². The van der Waals surface area contributed by atoms with E-state index >= 15 is 13.2 Å². The summed E-state index contributed by atoms with van der Waals surface area (Å²) < 4.78 is 272. The lowest BCUT2D eigenvalue weighted by atomic mass is 9.80. The Balaban J connectivity index is 0.000000151. The molecule has 10 aromatic rings. The van der Waals surface area contributed by atoms with E-state index in [9.17, 15) is 70.3 Å². The standard InChI is InChI=1S/C26H24F3N5O3.C24H31F3N4O4S.C24H31F3N4O3S.C23H26F4N4O4/c27-26(28,29)37-20-7-5-19(6-8-20)22-15-36-12-11-34(22)25-21-9-10-33(24(21)31-16-32-25)14-18-3-1-17(2-4-18)13-23(30)35;1-23(26,27)18-5-3-17(4-6-18)19-13-35-12-9-31(19)22-20(25)21(29-16-30-22)28-14-24(15-36(2,32)33)7-10-34-11-8-24;1-24(26,27)18-9-6-17(7-10-18)21-14-34-13-12-31(21)23-22(25)20(28-15-29-23)11-8-16-4-3-5-19(16)30-35(2,32)33;1-33-21(32)22(6-9-34-10-7-22)13-28-19-18(24)20(30-14-29-19)31-8-11-35-12-17(31)15-2-4-16(5-3-15)23(25,26)27/h1-10,16,22H,11-15H2,(H2,30,35);3-6,16,19H,7-15H2,1-2H3,(H,28,29,30);6-7,9-10,15-16,19,21,30H,3-5,8,11-14H2,1-2H3;2-5,14,17H,6-13H2,1H3,(H,28,29,30). The monoisotopic (exact) mass is 2050 g/mol. The normalized spacial score (nSPS) is 20.2. The van der Waals surface area contributed by atoms with Crippen LogP contribution in [0, 0.1) is 34.2 Å². The first-order valence-electron chi connectivity index (χ1n) is 46.4. The summed E-state index contributed by atoms with van der Waals surface area (Å²) in [6.45, 7) is 8.38. The van der Waals surface area contributed by atoms with E-state index in [1.807, 2.05) is 41.1 Å². The first kappa shape index (κ1) is 107. The van der Waals surface area contributed by atoms with Crippen molar-refractivity contribution >= 4 is 77.7 Å². The van der Waals surface area contributed by atoms with E-state index in [4.69, 9.17) is 38.9 Å². The molecule has 1 aliphatic carbocycles. The van der Waals surface area contributed by atoms with E-state index < -0.39 is 96.1 Å². The Labute approximate surface area is 817 Å². The number of carbonyl (C=O) groups excluding carboxylic acids is 2. The first-order chi connectivity index (χ1) is 68.0. The molecular weight excluding hydrogens is 1940 g/mol. The molecule has 31 nitrogen and oxygen atoms in total. The van der Waals surface area contributed by atoms with Gasteiger partial charge in [-0.25, -0.2) is 83.4 Å². The van der Waals surface area contributed by atoms with Crippen molar-refractivity contribution in [3.05, 3.63) is 232 Å². The number of aryl methyl sites for hydroxylation is 1. The molecule has 7 fully saturated rings. The van der Waals surface area contributed by atoms with Gasteiger partial charge in [0.05, 0.1) is 125 Å². The van der Waals surface area contributed by atoms with Crippen LogP contribution < -0.4 is 45.4 Å². The van der Waals surface area contributed by atoms with Gasteiger partial charge in [-0.3, -0.25) is 9.59 Å².